The number of aromatic nitrogens is 1. The maximum absolute atomic E-state index is 9.45. The third-order valence-corrected chi connectivity index (χ3v) is 2.78. The van der Waals surface area contributed by atoms with E-state index in [9.17, 15) is 5.11 Å². The van der Waals surface area contributed by atoms with Gasteiger partial charge in [-0.1, -0.05) is 18.2 Å². The van der Waals surface area contributed by atoms with Gasteiger partial charge in [0.25, 0.3) is 0 Å². The Morgan fingerprint density at radius 1 is 0.944 bits per heavy atom. The highest BCUT2D eigenvalue weighted by Crippen LogP contribution is 2.27. The van der Waals surface area contributed by atoms with Crippen LogP contribution in [0.3, 0.4) is 0 Å². The molecule has 0 saturated heterocycles. The maximum Gasteiger partial charge on any atom is 0.117 e. The number of fused-ring (bicyclic) bond motifs is 1. The lowest BCUT2D eigenvalue weighted by atomic mass is 10.1. The molecule has 0 saturated carbocycles. The van der Waals surface area contributed by atoms with E-state index in [0.29, 0.717) is 0 Å². The van der Waals surface area contributed by atoms with Gasteiger partial charge >= 0.3 is 0 Å². The molecule has 0 fully saturated rings. The van der Waals surface area contributed by atoms with Gasteiger partial charge in [0.15, 0.2) is 0 Å². The Bertz CT molecular complexity index is 680. The van der Waals surface area contributed by atoms with Crippen LogP contribution in [0.5, 0.6) is 5.75 Å². The van der Waals surface area contributed by atoms with Crippen molar-refractivity contribution in [1.82, 2.24) is 4.98 Å². The first-order valence-corrected chi connectivity index (χ1v) is 5.73. The van der Waals surface area contributed by atoms with Crippen LogP contribution in [0.1, 0.15) is 0 Å². The normalized spacial score (nSPS) is 10.4. The van der Waals surface area contributed by atoms with E-state index in [-0.39, 0.29) is 5.75 Å². The summed E-state index contributed by atoms with van der Waals surface area (Å²) in [5.41, 5.74) is 2.78. The van der Waals surface area contributed by atoms with Crippen molar-refractivity contribution < 1.29 is 5.11 Å². The summed E-state index contributed by atoms with van der Waals surface area (Å²) < 4.78 is 0. The minimum Gasteiger partial charge on any atom is -0.508 e. The molecule has 0 radical (unpaired) electrons. The summed E-state index contributed by atoms with van der Waals surface area (Å²) in [7, 11) is 0. The molecule has 1 aromatic heterocycles. The first-order valence-electron chi connectivity index (χ1n) is 5.73. The van der Waals surface area contributed by atoms with Gasteiger partial charge in [0, 0.05) is 29.0 Å². The number of phenolic OH excluding ortho intramolecular Hbond substituents is 1. The van der Waals surface area contributed by atoms with Gasteiger partial charge in [-0.05, 0) is 30.3 Å². The van der Waals surface area contributed by atoms with Gasteiger partial charge in [-0.15, -0.1) is 0 Å². The van der Waals surface area contributed by atoms with Gasteiger partial charge in [0.1, 0.15) is 5.75 Å². The standard InChI is InChI=1S/C15H12N2O/c18-12-6-7-13-14(8-9-16-15(13)10-12)17-11-4-2-1-3-5-11/h1-10,18H,(H,16,17). The molecule has 18 heavy (non-hydrogen) atoms. The molecule has 3 heteroatoms. The zero-order valence-electron chi connectivity index (χ0n) is 9.67. The van der Waals surface area contributed by atoms with Crippen LogP contribution >= 0.6 is 0 Å². The molecule has 0 aliphatic carbocycles. The average Bonchev–Trinajstić information content (AvgIpc) is 2.40. The van der Waals surface area contributed by atoms with Gasteiger partial charge < -0.3 is 10.4 Å². The SMILES string of the molecule is Oc1ccc2c(Nc3ccccc3)ccnc2c1. The third kappa shape index (κ3) is 1.98. The van der Waals surface area contributed by atoms with Crippen molar-refractivity contribution in [3.05, 3.63) is 60.8 Å². The zero-order valence-corrected chi connectivity index (χ0v) is 9.67. The number of rotatable bonds is 2. The van der Waals surface area contributed by atoms with Gasteiger partial charge in [0.05, 0.1) is 5.52 Å². The van der Waals surface area contributed by atoms with Crippen molar-refractivity contribution in [2.24, 2.45) is 0 Å². The molecule has 1 heterocycles. The lowest BCUT2D eigenvalue weighted by molar-refractivity contribution is 0.476. The fraction of sp³-hybridized carbons (Fsp3) is 0. The van der Waals surface area contributed by atoms with Crippen LogP contribution in [0.15, 0.2) is 60.8 Å². The van der Waals surface area contributed by atoms with Gasteiger partial charge in [-0.3, -0.25) is 4.98 Å². The van der Waals surface area contributed by atoms with Crippen molar-refractivity contribution in [2.75, 3.05) is 5.32 Å². The van der Waals surface area contributed by atoms with Gasteiger partial charge in [0.2, 0.25) is 0 Å². The summed E-state index contributed by atoms with van der Waals surface area (Å²) in [6.45, 7) is 0. The van der Waals surface area contributed by atoms with Crippen molar-refractivity contribution >= 4 is 22.3 Å². The van der Waals surface area contributed by atoms with E-state index >= 15 is 0 Å². The fourth-order valence-electron chi connectivity index (χ4n) is 1.92. The summed E-state index contributed by atoms with van der Waals surface area (Å²) in [6, 6.07) is 17.1. The highest BCUT2D eigenvalue weighted by atomic mass is 16.3. The van der Waals surface area contributed by atoms with Crippen LogP contribution in [-0.2, 0) is 0 Å². The largest absolute Gasteiger partial charge is 0.508 e. The predicted molar refractivity (Wildman–Crippen MR) is 73.1 cm³/mol. The molecule has 2 N–H and O–H groups in total. The molecular weight excluding hydrogens is 224 g/mol. The van der Waals surface area contributed by atoms with E-state index in [2.05, 4.69) is 10.3 Å². The first kappa shape index (κ1) is 10.6. The summed E-state index contributed by atoms with van der Waals surface area (Å²) >= 11 is 0. The predicted octanol–water partition coefficient (Wildman–Crippen LogP) is 3.68. The number of aromatic hydroxyl groups is 1. The molecule has 2 aromatic carbocycles. The molecule has 0 atom stereocenters. The molecule has 0 amide bonds. The molecule has 0 bridgehead atoms. The zero-order chi connectivity index (χ0) is 12.4. The number of hydrogen-bond acceptors (Lipinski definition) is 3. The number of nitrogens with zero attached hydrogens (tertiary/aromatic N) is 1. The molecule has 88 valence electrons. The van der Waals surface area contributed by atoms with E-state index < -0.39 is 0 Å². The average molecular weight is 236 g/mol. The molecule has 3 aromatic rings. The fourth-order valence-corrected chi connectivity index (χ4v) is 1.92. The van der Waals surface area contributed by atoms with E-state index in [1.54, 1.807) is 18.3 Å². The van der Waals surface area contributed by atoms with Crippen molar-refractivity contribution in [2.45, 2.75) is 0 Å². The Balaban J connectivity index is 2.07. The molecule has 0 aliphatic rings. The number of pyridine rings is 1. The molecule has 3 nitrogen and oxygen atoms in total. The lowest BCUT2D eigenvalue weighted by Gasteiger charge is -2.09. The Labute approximate surface area is 105 Å². The van der Waals surface area contributed by atoms with E-state index in [0.717, 1.165) is 22.3 Å². The van der Waals surface area contributed by atoms with Crippen LogP contribution in [0.4, 0.5) is 11.4 Å². The van der Waals surface area contributed by atoms with Crippen LogP contribution in [-0.4, -0.2) is 10.1 Å². The number of para-hydroxylation sites is 1. The van der Waals surface area contributed by atoms with Crippen LogP contribution in [0.25, 0.3) is 10.9 Å². The van der Waals surface area contributed by atoms with Crippen LogP contribution in [0.2, 0.25) is 0 Å². The summed E-state index contributed by atoms with van der Waals surface area (Å²) in [4.78, 5) is 4.24. The van der Waals surface area contributed by atoms with E-state index in [1.165, 1.54) is 0 Å². The van der Waals surface area contributed by atoms with Gasteiger partial charge in [-0.25, -0.2) is 0 Å². The highest BCUT2D eigenvalue weighted by molar-refractivity contribution is 5.93. The first-order chi connectivity index (χ1) is 8.83. The lowest BCUT2D eigenvalue weighted by Crippen LogP contribution is -1.91. The Morgan fingerprint density at radius 3 is 2.61 bits per heavy atom. The highest BCUT2D eigenvalue weighted by Gasteiger charge is 2.02. The van der Waals surface area contributed by atoms with Gasteiger partial charge in [-0.2, -0.15) is 0 Å². The molecular formula is C15H12N2O. The number of anilines is 2. The minimum absolute atomic E-state index is 0.229. The van der Waals surface area contributed by atoms with Crippen molar-refractivity contribution in [1.29, 1.82) is 0 Å². The molecule has 3 rings (SSSR count). The number of hydrogen-bond donors (Lipinski definition) is 2. The quantitative estimate of drug-likeness (QED) is 0.713. The molecule has 0 spiro atoms. The summed E-state index contributed by atoms with van der Waals surface area (Å²) in [6.07, 6.45) is 1.73. The third-order valence-electron chi connectivity index (χ3n) is 2.78. The second-order valence-corrected chi connectivity index (χ2v) is 4.05. The number of phenols is 1. The summed E-state index contributed by atoms with van der Waals surface area (Å²) in [5, 5.41) is 13.8. The summed E-state index contributed by atoms with van der Waals surface area (Å²) in [5.74, 6) is 0.229. The van der Waals surface area contributed by atoms with E-state index in [4.69, 9.17) is 0 Å². The Hall–Kier alpha value is -2.55. The second kappa shape index (κ2) is 4.37. The Morgan fingerprint density at radius 2 is 1.78 bits per heavy atom. The minimum atomic E-state index is 0.229. The maximum atomic E-state index is 9.45. The second-order valence-electron chi connectivity index (χ2n) is 4.05. The van der Waals surface area contributed by atoms with E-state index in [1.807, 2.05) is 42.5 Å². The molecule has 0 unspecified atom stereocenters. The van der Waals surface area contributed by atoms with Crippen molar-refractivity contribution in [3.8, 4) is 5.75 Å². The van der Waals surface area contributed by atoms with Crippen LogP contribution < -0.4 is 5.32 Å². The number of benzene rings is 2. The number of nitrogens with one attached hydrogen (secondary N) is 1. The van der Waals surface area contributed by atoms with Crippen LogP contribution in [0, 0.1) is 0 Å². The molecule has 0 aliphatic heterocycles. The topological polar surface area (TPSA) is 45.1 Å². The monoisotopic (exact) mass is 236 g/mol. The Kier molecular flexibility index (Phi) is 2.57. The smallest absolute Gasteiger partial charge is 0.117 e. The van der Waals surface area contributed by atoms with Crippen molar-refractivity contribution in [3.63, 3.8) is 0 Å².